The molecule has 0 unspecified atom stereocenters. The lowest BCUT2D eigenvalue weighted by Crippen LogP contribution is -2.09. The van der Waals surface area contributed by atoms with Gasteiger partial charge in [0.25, 0.3) is 0 Å². The van der Waals surface area contributed by atoms with Crippen molar-refractivity contribution in [2.45, 2.75) is 0 Å². The number of nitrogens with zero attached hydrogens (tertiary/aromatic N) is 1. The van der Waals surface area contributed by atoms with Gasteiger partial charge in [0.2, 0.25) is 0 Å². The van der Waals surface area contributed by atoms with E-state index in [4.69, 9.17) is 0 Å². The standard InChI is InChI=1S/C34H24BrN/c35-29-19-23-32(24-20-29)36(30-9-2-1-3-10-30)31-21-17-26(18-22-31)25-13-15-28(16-14-25)34-12-6-8-27-7-4-5-11-33(27)34/h1-24H. The maximum atomic E-state index is 3.56. The van der Waals surface area contributed by atoms with Crippen molar-refractivity contribution in [3.05, 3.63) is 150 Å². The molecule has 0 N–H and O–H groups in total. The summed E-state index contributed by atoms with van der Waals surface area (Å²) in [5.74, 6) is 0. The van der Waals surface area contributed by atoms with Crippen molar-refractivity contribution in [3.8, 4) is 22.3 Å². The van der Waals surface area contributed by atoms with Gasteiger partial charge < -0.3 is 4.90 Å². The van der Waals surface area contributed by atoms with Crippen LogP contribution in [0.3, 0.4) is 0 Å². The fraction of sp³-hybridized carbons (Fsp3) is 0. The summed E-state index contributed by atoms with van der Waals surface area (Å²) >= 11 is 3.56. The minimum atomic E-state index is 1.07. The predicted molar refractivity (Wildman–Crippen MR) is 157 cm³/mol. The molecule has 0 heterocycles. The molecule has 0 aliphatic heterocycles. The van der Waals surface area contributed by atoms with Gasteiger partial charge in [0.05, 0.1) is 0 Å². The van der Waals surface area contributed by atoms with Crippen LogP contribution in [0.15, 0.2) is 150 Å². The molecular formula is C34H24BrN. The number of benzene rings is 6. The zero-order valence-corrected chi connectivity index (χ0v) is 21.3. The number of fused-ring (bicyclic) bond motifs is 1. The van der Waals surface area contributed by atoms with Gasteiger partial charge in [0, 0.05) is 21.5 Å². The van der Waals surface area contributed by atoms with Gasteiger partial charge in [-0.1, -0.05) is 113 Å². The minimum absolute atomic E-state index is 1.07. The van der Waals surface area contributed by atoms with E-state index in [1.165, 1.54) is 33.0 Å². The van der Waals surface area contributed by atoms with Crippen molar-refractivity contribution in [3.63, 3.8) is 0 Å². The van der Waals surface area contributed by atoms with Crippen LogP contribution in [0.1, 0.15) is 0 Å². The van der Waals surface area contributed by atoms with E-state index >= 15 is 0 Å². The molecule has 0 aliphatic rings. The molecule has 0 fully saturated rings. The molecule has 2 heteroatoms. The second-order valence-electron chi connectivity index (χ2n) is 8.80. The maximum absolute atomic E-state index is 3.56. The highest BCUT2D eigenvalue weighted by molar-refractivity contribution is 9.10. The number of rotatable bonds is 5. The highest BCUT2D eigenvalue weighted by atomic mass is 79.9. The Morgan fingerprint density at radius 1 is 0.389 bits per heavy atom. The second kappa shape index (κ2) is 9.85. The SMILES string of the molecule is Brc1ccc(N(c2ccccc2)c2ccc(-c3ccc(-c4cccc5ccccc45)cc3)cc2)cc1. The lowest BCUT2D eigenvalue weighted by atomic mass is 9.96. The Labute approximate surface area is 220 Å². The average molecular weight is 526 g/mol. The summed E-state index contributed by atoms with van der Waals surface area (Å²) < 4.78 is 1.07. The fourth-order valence-electron chi connectivity index (χ4n) is 4.74. The summed E-state index contributed by atoms with van der Waals surface area (Å²) in [6.45, 7) is 0. The molecule has 0 bridgehead atoms. The number of hydrogen-bond donors (Lipinski definition) is 0. The Hall–Kier alpha value is -4.14. The van der Waals surface area contributed by atoms with Crippen LogP contribution in [-0.2, 0) is 0 Å². The van der Waals surface area contributed by atoms with Crippen molar-refractivity contribution < 1.29 is 0 Å². The first kappa shape index (κ1) is 22.3. The zero-order chi connectivity index (χ0) is 24.3. The number of para-hydroxylation sites is 1. The third-order valence-corrected chi connectivity index (χ3v) is 7.07. The molecule has 172 valence electrons. The molecule has 36 heavy (non-hydrogen) atoms. The molecule has 0 saturated heterocycles. The number of hydrogen-bond acceptors (Lipinski definition) is 1. The largest absolute Gasteiger partial charge is 0.311 e. The van der Waals surface area contributed by atoms with E-state index in [-0.39, 0.29) is 0 Å². The highest BCUT2D eigenvalue weighted by Gasteiger charge is 2.12. The van der Waals surface area contributed by atoms with Crippen LogP contribution in [-0.4, -0.2) is 0 Å². The zero-order valence-electron chi connectivity index (χ0n) is 19.7. The molecular weight excluding hydrogens is 502 g/mol. The lowest BCUT2D eigenvalue weighted by molar-refractivity contribution is 1.28. The van der Waals surface area contributed by atoms with E-state index in [1.54, 1.807) is 0 Å². The van der Waals surface area contributed by atoms with Crippen LogP contribution in [0.5, 0.6) is 0 Å². The predicted octanol–water partition coefficient (Wildman–Crippen LogP) is 10.4. The first-order valence-corrected chi connectivity index (χ1v) is 12.8. The van der Waals surface area contributed by atoms with Crippen molar-refractivity contribution in [2.75, 3.05) is 4.90 Å². The third kappa shape index (κ3) is 4.44. The van der Waals surface area contributed by atoms with Gasteiger partial charge in [0.15, 0.2) is 0 Å². The molecule has 0 spiro atoms. The molecule has 6 aromatic carbocycles. The molecule has 1 nitrogen and oxygen atoms in total. The Kier molecular flexibility index (Phi) is 6.11. The van der Waals surface area contributed by atoms with E-state index in [9.17, 15) is 0 Å². The maximum Gasteiger partial charge on any atom is 0.0462 e. The van der Waals surface area contributed by atoms with Crippen molar-refractivity contribution >= 4 is 43.8 Å². The van der Waals surface area contributed by atoms with Crippen molar-refractivity contribution in [2.24, 2.45) is 0 Å². The van der Waals surface area contributed by atoms with Gasteiger partial charge in [-0.25, -0.2) is 0 Å². The Morgan fingerprint density at radius 2 is 0.889 bits per heavy atom. The van der Waals surface area contributed by atoms with E-state index in [1.807, 2.05) is 6.07 Å². The summed E-state index contributed by atoms with van der Waals surface area (Å²) in [6, 6.07) is 51.7. The van der Waals surface area contributed by atoms with Crippen molar-refractivity contribution in [1.29, 1.82) is 0 Å². The Balaban J connectivity index is 1.32. The number of halogens is 1. The molecule has 0 aromatic heterocycles. The number of anilines is 3. The summed E-state index contributed by atoms with van der Waals surface area (Å²) in [5, 5.41) is 2.55. The summed E-state index contributed by atoms with van der Waals surface area (Å²) in [4.78, 5) is 2.28. The Morgan fingerprint density at radius 3 is 1.58 bits per heavy atom. The summed E-state index contributed by atoms with van der Waals surface area (Å²) in [5.41, 5.74) is 8.29. The quantitative estimate of drug-likeness (QED) is 0.216. The van der Waals surface area contributed by atoms with Gasteiger partial charge in [0.1, 0.15) is 0 Å². The Bertz CT molecular complexity index is 1600. The van der Waals surface area contributed by atoms with Gasteiger partial charge in [-0.05, 0) is 81.6 Å². The third-order valence-electron chi connectivity index (χ3n) is 6.54. The average Bonchev–Trinajstić information content (AvgIpc) is 2.95. The smallest absolute Gasteiger partial charge is 0.0462 e. The molecule has 0 radical (unpaired) electrons. The van der Waals surface area contributed by atoms with Gasteiger partial charge in [-0.2, -0.15) is 0 Å². The molecule has 6 aromatic rings. The van der Waals surface area contributed by atoms with Crippen LogP contribution < -0.4 is 4.90 Å². The van der Waals surface area contributed by atoms with Crippen LogP contribution in [0.25, 0.3) is 33.0 Å². The molecule has 0 saturated carbocycles. The first-order valence-electron chi connectivity index (χ1n) is 12.1. The van der Waals surface area contributed by atoms with Gasteiger partial charge >= 0.3 is 0 Å². The normalized spacial score (nSPS) is 10.9. The van der Waals surface area contributed by atoms with E-state index in [0.29, 0.717) is 0 Å². The monoisotopic (exact) mass is 525 g/mol. The van der Waals surface area contributed by atoms with Crippen LogP contribution >= 0.6 is 15.9 Å². The van der Waals surface area contributed by atoms with E-state index in [0.717, 1.165) is 21.5 Å². The molecule has 6 rings (SSSR count). The summed E-state index contributed by atoms with van der Waals surface area (Å²) in [7, 11) is 0. The molecule has 0 atom stereocenters. The van der Waals surface area contributed by atoms with Gasteiger partial charge in [-0.15, -0.1) is 0 Å². The van der Waals surface area contributed by atoms with Gasteiger partial charge in [-0.3, -0.25) is 0 Å². The minimum Gasteiger partial charge on any atom is -0.311 e. The van der Waals surface area contributed by atoms with E-state index < -0.39 is 0 Å². The van der Waals surface area contributed by atoms with E-state index in [2.05, 4.69) is 160 Å². The second-order valence-corrected chi connectivity index (χ2v) is 9.71. The van der Waals surface area contributed by atoms with Crippen LogP contribution in [0.2, 0.25) is 0 Å². The lowest BCUT2D eigenvalue weighted by Gasteiger charge is -2.25. The summed E-state index contributed by atoms with van der Waals surface area (Å²) in [6.07, 6.45) is 0. The fourth-order valence-corrected chi connectivity index (χ4v) is 5.00. The molecule has 0 aliphatic carbocycles. The van der Waals surface area contributed by atoms with Crippen LogP contribution in [0.4, 0.5) is 17.1 Å². The highest BCUT2D eigenvalue weighted by Crippen LogP contribution is 2.36. The first-order chi connectivity index (χ1) is 17.8. The van der Waals surface area contributed by atoms with Crippen LogP contribution in [0, 0.1) is 0 Å². The molecule has 0 amide bonds. The van der Waals surface area contributed by atoms with Crippen molar-refractivity contribution in [1.82, 2.24) is 0 Å². The topological polar surface area (TPSA) is 3.24 Å².